The number of hydrogen-bond donors (Lipinski definition) is 2. The maximum atomic E-state index is 13.2. The van der Waals surface area contributed by atoms with E-state index in [9.17, 15) is 45.4 Å². The van der Waals surface area contributed by atoms with Crippen molar-refractivity contribution in [1.82, 2.24) is 0 Å². The Bertz CT molecular complexity index is 1100. The van der Waals surface area contributed by atoms with Crippen LogP contribution in [0, 0.1) is 5.82 Å². The summed E-state index contributed by atoms with van der Waals surface area (Å²) in [7, 11) is -4.54. The van der Waals surface area contributed by atoms with Gasteiger partial charge in [0.25, 0.3) is 10.0 Å². The lowest BCUT2D eigenvalue weighted by molar-refractivity contribution is -0.271. The zero-order valence-electron chi connectivity index (χ0n) is 15.6. The van der Waals surface area contributed by atoms with Crippen molar-refractivity contribution in [2.75, 3.05) is 11.0 Å². The molecule has 2 aromatic carbocycles. The molecule has 0 aromatic heterocycles. The molecule has 0 spiro atoms. The summed E-state index contributed by atoms with van der Waals surface area (Å²) in [4.78, 5) is 11.3. The summed E-state index contributed by atoms with van der Waals surface area (Å²) in [6.45, 7) is -2.16. The highest BCUT2D eigenvalue weighted by Crippen LogP contribution is 2.43. The van der Waals surface area contributed by atoms with Gasteiger partial charge in [-0.3, -0.25) is 4.31 Å². The van der Waals surface area contributed by atoms with Crippen molar-refractivity contribution >= 4 is 21.7 Å². The van der Waals surface area contributed by atoms with Gasteiger partial charge in [0, 0.05) is 0 Å². The minimum Gasteiger partial charge on any atom is -0.480 e. The Balaban J connectivity index is 2.17. The zero-order chi connectivity index (χ0) is 23.2. The number of fused-ring (bicyclic) bond motifs is 1. The van der Waals surface area contributed by atoms with Crippen LogP contribution in [0.1, 0.15) is 17.5 Å². The monoisotopic (exact) mass is 465 g/mol. The SMILES string of the molecule is O=C(O)C1CCc2cc(C(O)(CF)C(F)(F)F)ccc2N1S(=O)(=O)c1ccc(F)cc1. The Hall–Kier alpha value is -2.73. The molecule has 2 unspecified atom stereocenters. The van der Waals surface area contributed by atoms with Crippen LogP contribution in [-0.4, -0.2) is 43.5 Å². The van der Waals surface area contributed by atoms with Crippen LogP contribution in [-0.2, 0) is 26.8 Å². The first-order chi connectivity index (χ1) is 14.3. The standard InChI is InChI=1S/C19H16F5NO5S/c20-10-18(28,19(22,23)24)12-2-8-15-11(9-12)1-7-16(17(26)27)25(15)31(29,30)14-5-3-13(21)4-6-14/h2-6,8-9,16,28H,1,7,10H2,(H,26,27). The normalized spacial score (nSPS) is 18.9. The van der Waals surface area contributed by atoms with Crippen LogP contribution < -0.4 is 4.31 Å². The summed E-state index contributed by atoms with van der Waals surface area (Å²) in [6, 6.07) is 4.42. The molecule has 2 aromatic rings. The van der Waals surface area contributed by atoms with Crippen molar-refractivity contribution in [2.45, 2.75) is 35.6 Å². The van der Waals surface area contributed by atoms with Crippen LogP contribution in [0.15, 0.2) is 47.4 Å². The maximum absolute atomic E-state index is 13.2. The fourth-order valence-electron chi connectivity index (χ4n) is 3.39. The number of hydrogen-bond acceptors (Lipinski definition) is 4. The third-order valence-corrected chi connectivity index (χ3v) is 6.92. The number of nitrogens with zero attached hydrogens (tertiary/aromatic N) is 1. The van der Waals surface area contributed by atoms with E-state index in [1.165, 1.54) is 0 Å². The number of carboxylic acids is 1. The number of alkyl halides is 4. The van der Waals surface area contributed by atoms with Gasteiger partial charge >= 0.3 is 12.1 Å². The van der Waals surface area contributed by atoms with Crippen LogP contribution >= 0.6 is 0 Å². The average Bonchev–Trinajstić information content (AvgIpc) is 2.71. The number of anilines is 1. The lowest BCUT2D eigenvalue weighted by Gasteiger charge is -2.36. The Kier molecular flexibility index (Phi) is 5.74. The molecule has 0 bridgehead atoms. The van der Waals surface area contributed by atoms with E-state index in [1.54, 1.807) is 0 Å². The second kappa shape index (κ2) is 7.75. The molecular formula is C19H16F5NO5S. The number of carboxylic acid groups (broad SMARTS) is 1. The average molecular weight is 465 g/mol. The summed E-state index contributed by atoms with van der Waals surface area (Å²) < 4.78 is 92.8. The molecule has 31 heavy (non-hydrogen) atoms. The highest BCUT2D eigenvalue weighted by atomic mass is 32.2. The van der Waals surface area contributed by atoms with Gasteiger partial charge in [0.15, 0.2) is 0 Å². The zero-order valence-corrected chi connectivity index (χ0v) is 16.4. The largest absolute Gasteiger partial charge is 0.480 e. The molecular weight excluding hydrogens is 449 g/mol. The summed E-state index contributed by atoms with van der Waals surface area (Å²) in [5.41, 5.74) is -4.88. The summed E-state index contributed by atoms with van der Waals surface area (Å²) in [5, 5.41) is 19.4. The first-order valence-corrected chi connectivity index (χ1v) is 10.3. The highest BCUT2D eigenvalue weighted by Gasteiger charge is 2.55. The number of benzene rings is 2. The Morgan fingerprint density at radius 3 is 2.26 bits per heavy atom. The number of halogens is 5. The van der Waals surface area contributed by atoms with E-state index in [0.29, 0.717) is 10.4 Å². The maximum Gasteiger partial charge on any atom is 0.424 e. The van der Waals surface area contributed by atoms with Crippen molar-refractivity contribution in [3.8, 4) is 0 Å². The third-order valence-electron chi connectivity index (χ3n) is 5.08. The lowest BCUT2D eigenvalue weighted by Crippen LogP contribution is -2.48. The molecule has 0 aliphatic carbocycles. The van der Waals surface area contributed by atoms with Gasteiger partial charge < -0.3 is 10.2 Å². The molecule has 12 heteroatoms. The fourth-order valence-corrected chi connectivity index (χ4v) is 5.07. The van der Waals surface area contributed by atoms with Gasteiger partial charge in [0.05, 0.1) is 10.6 Å². The van der Waals surface area contributed by atoms with Crippen molar-refractivity contribution in [3.63, 3.8) is 0 Å². The minimum absolute atomic E-state index is 0.0168. The van der Waals surface area contributed by atoms with E-state index >= 15 is 0 Å². The number of sulfonamides is 1. The third kappa shape index (κ3) is 3.85. The first kappa shape index (κ1) is 22.9. The molecule has 168 valence electrons. The van der Waals surface area contributed by atoms with E-state index in [1.807, 2.05) is 0 Å². The Morgan fingerprint density at radius 2 is 1.74 bits per heavy atom. The number of aryl methyl sites for hydroxylation is 1. The second-order valence-electron chi connectivity index (χ2n) is 6.98. The summed E-state index contributed by atoms with van der Waals surface area (Å²) >= 11 is 0. The van der Waals surface area contributed by atoms with Gasteiger partial charge in [0.2, 0.25) is 5.60 Å². The fraction of sp³-hybridized carbons (Fsp3) is 0.316. The van der Waals surface area contributed by atoms with E-state index in [-0.39, 0.29) is 24.1 Å². The summed E-state index contributed by atoms with van der Waals surface area (Å²) in [5.74, 6) is -2.22. The van der Waals surface area contributed by atoms with Crippen LogP contribution in [0.5, 0.6) is 0 Å². The molecule has 1 heterocycles. The molecule has 2 N–H and O–H groups in total. The topological polar surface area (TPSA) is 94.9 Å². The van der Waals surface area contributed by atoms with E-state index in [2.05, 4.69) is 0 Å². The molecule has 0 radical (unpaired) electrons. The van der Waals surface area contributed by atoms with Crippen molar-refractivity contribution < 1.29 is 45.4 Å². The van der Waals surface area contributed by atoms with Crippen molar-refractivity contribution in [3.05, 3.63) is 59.4 Å². The Morgan fingerprint density at radius 1 is 1.13 bits per heavy atom. The molecule has 3 rings (SSSR count). The van der Waals surface area contributed by atoms with Crippen LogP contribution in [0.25, 0.3) is 0 Å². The van der Waals surface area contributed by atoms with Gasteiger partial charge in [-0.2, -0.15) is 13.2 Å². The van der Waals surface area contributed by atoms with Crippen LogP contribution in [0.3, 0.4) is 0 Å². The molecule has 0 saturated carbocycles. The van der Waals surface area contributed by atoms with Gasteiger partial charge in [-0.05, 0) is 54.3 Å². The number of carbonyl (C=O) groups is 1. The Labute approximate surface area is 173 Å². The smallest absolute Gasteiger partial charge is 0.424 e. The van der Waals surface area contributed by atoms with Crippen molar-refractivity contribution in [1.29, 1.82) is 0 Å². The van der Waals surface area contributed by atoms with Gasteiger partial charge in [-0.15, -0.1) is 0 Å². The first-order valence-electron chi connectivity index (χ1n) is 8.84. The van der Waals surface area contributed by atoms with Crippen LogP contribution in [0.2, 0.25) is 0 Å². The van der Waals surface area contributed by atoms with Crippen molar-refractivity contribution in [2.24, 2.45) is 0 Å². The molecule has 1 aliphatic rings. The number of aliphatic hydroxyl groups is 1. The number of aliphatic carboxylic acids is 1. The van der Waals surface area contributed by atoms with Gasteiger partial charge in [-0.1, -0.05) is 12.1 Å². The molecule has 2 atom stereocenters. The van der Waals surface area contributed by atoms with Gasteiger partial charge in [-0.25, -0.2) is 22.0 Å². The molecule has 0 amide bonds. The van der Waals surface area contributed by atoms with E-state index in [4.69, 9.17) is 0 Å². The molecule has 0 fully saturated rings. The highest BCUT2D eigenvalue weighted by molar-refractivity contribution is 7.93. The van der Waals surface area contributed by atoms with E-state index < -0.39 is 56.8 Å². The predicted molar refractivity (Wildman–Crippen MR) is 98.2 cm³/mol. The minimum atomic E-state index is -5.34. The molecule has 6 nitrogen and oxygen atoms in total. The molecule has 1 aliphatic heterocycles. The quantitative estimate of drug-likeness (QED) is 0.662. The second-order valence-corrected chi connectivity index (χ2v) is 8.80. The van der Waals surface area contributed by atoms with Gasteiger partial charge in [0.1, 0.15) is 18.5 Å². The summed E-state index contributed by atoms with van der Waals surface area (Å²) in [6.07, 6.45) is -5.75. The van der Waals surface area contributed by atoms with E-state index in [0.717, 1.165) is 36.4 Å². The molecule has 0 saturated heterocycles. The predicted octanol–water partition coefficient (Wildman–Crippen LogP) is 3.14. The van der Waals surface area contributed by atoms with Crippen LogP contribution in [0.4, 0.5) is 27.6 Å². The lowest BCUT2D eigenvalue weighted by atomic mass is 9.89. The number of rotatable bonds is 5.